The van der Waals surface area contributed by atoms with Crippen molar-refractivity contribution >= 4 is 11.5 Å². The van der Waals surface area contributed by atoms with Crippen LogP contribution in [0.1, 0.15) is 11.1 Å². The van der Waals surface area contributed by atoms with Crippen LogP contribution in [0.15, 0.2) is 36.8 Å². The third-order valence-corrected chi connectivity index (χ3v) is 2.45. The van der Waals surface area contributed by atoms with Gasteiger partial charge in [0.2, 0.25) is 0 Å². The number of rotatable bonds is 3. The fourth-order valence-electron chi connectivity index (χ4n) is 1.47. The molecule has 0 saturated carbocycles. The highest BCUT2D eigenvalue weighted by Crippen LogP contribution is 2.31. The molecular formula is C12H11F3N4. The maximum Gasteiger partial charge on any atom is 0.417 e. The van der Waals surface area contributed by atoms with E-state index >= 15 is 0 Å². The Balaban J connectivity index is 2.16. The van der Waals surface area contributed by atoms with Crippen molar-refractivity contribution in [1.82, 2.24) is 9.97 Å². The average Bonchev–Trinajstić information content (AvgIpc) is 2.37. The second kappa shape index (κ2) is 5.13. The smallest absolute Gasteiger partial charge is 0.382 e. The quantitative estimate of drug-likeness (QED) is 0.898. The van der Waals surface area contributed by atoms with Crippen molar-refractivity contribution in [3.8, 4) is 0 Å². The molecule has 2 aromatic rings. The van der Waals surface area contributed by atoms with Crippen molar-refractivity contribution in [2.75, 3.05) is 11.1 Å². The molecule has 0 aliphatic carbocycles. The summed E-state index contributed by atoms with van der Waals surface area (Å²) in [5.41, 5.74) is 5.69. The molecule has 0 aromatic carbocycles. The summed E-state index contributed by atoms with van der Waals surface area (Å²) in [6, 6.07) is 4.49. The van der Waals surface area contributed by atoms with Gasteiger partial charge in [0.05, 0.1) is 11.3 Å². The maximum atomic E-state index is 12.5. The van der Waals surface area contributed by atoms with E-state index < -0.39 is 11.7 Å². The lowest BCUT2D eigenvalue weighted by molar-refractivity contribution is -0.137. The first-order chi connectivity index (χ1) is 8.97. The van der Waals surface area contributed by atoms with Crippen molar-refractivity contribution in [1.29, 1.82) is 0 Å². The zero-order valence-electron chi connectivity index (χ0n) is 9.78. The first kappa shape index (κ1) is 13.1. The SMILES string of the molecule is Nc1ncc(C(F)(F)F)cc1NCc1cccnc1. The second-order valence-electron chi connectivity index (χ2n) is 3.87. The number of nitrogens with one attached hydrogen (secondary N) is 1. The fourth-order valence-corrected chi connectivity index (χ4v) is 1.47. The van der Waals surface area contributed by atoms with E-state index in [2.05, 4.69) is 15.3 Å². The van der Waals surface area contributed by atoms with E-state index in [0.29, 0.717) is 12.7 Å². The summed E-state index contributed by atoms with van der Waals surface area (Å²) in [4.78, 5) is 7.45. The van der Waals surface area contributed by atoms with Gasteiger partial charge in [0.25, 0.3) is 0 Å². The molecule has 3 N–H and O–H groups in total. The monoisotopic (exact) mass is 268 g/mol. The van der Waals surface area contributed by atoms with Crippen LogP contribution in [0.25, 0.3) is 0 Å². The van der Waals surface area contributed by atoms with Gasteiger partial charge in [-0.3, -0.25) is 4.98 Å². The van der Waals surface area contributed by atoms with Gasteiger partial charge < -0.3 is 11.1 Å². The Morgan fingerprint density at radius 3 is 2.68 bits per heavy atom. The number of pyridine rings is 2. The van der Waals surface area contributed by atoms with Gasteiger partial charge in [-0.05, 0) is 17.7 Å². The predicted octanol–water partition coefficient (Wildman–Crippen LogP) is 2.69. The van der Waals surface area contributed by atoms with E-state index in [9.17, 15) is 13.2 Å². The first-order valence-electron chi connectivity index (χ1n) is 5.42. The van der Waals surface area contributed by atoms with Crippen LogP contribution in [0.4, 0.5) is 24.7 Å². The number of hydrogen-bond donors (Lipinski definition) is 2. The zero-order valence-corrected chi connectivity index (χ0v) is 9.78. The lowest BCUT2D eigenvalue weighted by Crippen LogP contribution is -2.10. The number of aromatic nitrogens is 2. The Morgan fingerprint density at radius 2 is 2.05 bits per heavy atom. The standard InChI is InChI=1S/C12H11F3N4/c13-12(14,15)9-4-10(11(16)19-7-9)18-6-8-2-1-3-17-5-8/h1-5,7,18H,6H2,(H2,16,19). The van der Waals surface area contributed by atoms with E-state index in [1.165, 1.54) is 0 Å². The highest BCUT2D eigenvalue weighted by atomic mass is 19.4. The van der Waals surface area contributed by atoms with Gasteiger partial charge in [0.15, 0.2) is 0 Å². The summed E-state index contributed by atoms with van der Waals surface area (Å²) in [5, 5.41) is 2.81. The lowest BCUT2D eigenvalue weighted by atomic mass is 10.2. The van der Waals surface area contributed by atoms with E-state index in [1.807, 2.05) is 0 Å². The van der Waals surface area contributed by atoms with Crippen molar-refractivity contribution < 1.29 is 13.2 Å². The predicted molar refractivity (Wildman–Crippen MR) is 65.2 cm³/mol. The summed E-state index contributed by atoms with van der Waals surface area (Å²) >= 11 is 0. The van der Waals surface area contributed by atoms with Crippen molar-refractivity contribution in [2.24, 2.45) is 0 Å². The van der Waals surface area contributed by atoms with E-state index in [1.54, 1.807) is 24.5 Å². The van der Waals surface area contributed by atoms with Crippen LogP contribution >= 0.6 is 0 Å². The van der Waals surface area contributed by atoms with Crippen LogP contribution < -0.4 is 11.1 Å². The summed E-state index contributed by atoms with van der Waals surface area (Å²) in [6.07, 6.45) is -0.496. The minimum atomic E-state index is -4.44. The zero-order chi connectivity index (χ0) is 13.9. The van der Waals surface area contributed by atoms with Crippen LogP contribution in [-0.2, 0) is 12.7 Å². The summed E-state index contributed by atoms with van der Waals surface area (Å²) < 4.78 is 37.6. The normalized spacial score (nSPS) is 11.3. The molecule has 2 heterocycles. The molecule has 7 heteroatoms. The molecule has 2 aromatic heterocycles. The molecule has 0 fully saturated rings. The van der Waals surface area contributed by atoms with Gasteiger partial charge >= 0.3 is 6.18 Å². The van der Waals surface area contributed by atoms with Gasteiger partial charge in [-0.25, -0.2) is 4.98 Å². The minimum absolute atomic E-state index is 0.0249. The topological polar surface area (TPSA) is 63.8 Å². The third kappa shape index (κ3) is 3.34. The number of halogens is 3. The summed E-state index contributed by atoms with van der Waals surface area (Å²) in [6.45, 7) is 0.320. The highest BCUT2D eigenvalue weighted by molar-refractivity contribution is 5.62. The minimum Gasteiger partial charge on any atom is -0.382 e. The molecular weight excluding hydrogens is 257 g/mol. The number of nitrogens with two attached hydrogens (primary N) is 1. The molecule has 0 unspecified atom stereocenters. The van der Waals surface area contributed by atoms with Gasteiger partial charge in [0.1, 0.15) is 5.82 Å². The summed E-state index contributed by atoms with van der Waals surface area (Å²) in [5.74, 6) is 0.0249. The van der Waals surface area contributed by atoms with E-state index in [0.717, 1.165) is 11.6 Å². The fraction of sp³-hybridized carbons (Fsp3) is 0.167. The molecule has 0 aliphatic heterocycles. The first-order valence-corrected chi connectivity index (χ1v) is 5.42. The molecule has 0 bridgehead atoms. The highest BCUT2D eigenvalue weighted by Gasteiger charge is 2.31. The molecule has 100 valence electrons. The number of nitrogen functional groups attached to an aromatic ring is 1. The van der Waals surface area contributed by atoms with Crippen molar-refractivity contribution in [3.05, 3.63) is 47.9 Å². The Kier molecular flexibility index (Phi) is 3.55. The van der Waals surface area contributed by atoms with Gasteiger partial charge in [-0.15, -0.1) is 0 Å². The molecule has 4 nitrogen and oxygen atoms in total. The Hall–Kier alpha value is -2.31. The van der Waals surface area contributed by atoms with Crippen LogP contribution in [0.2, 0.25) is 0 Å². The number of hydrogen-bond acceptors (Lipinski definition) is 4. The molecule has 0 radical (unpaired) electrons. The molecule has 0 atom stereocenters. The average molecular weight is 268 g/mol. The number of anilines is 2. The molecule has 19 heavy (non-hydrogen) atoms. The molecule has 0 aliphatic rings. The number of nitrogens with zero attached hydrogens (tertiary/aromatic N) is 2. The Bertz CT molecular complexity index is 555. The van der Waals surface area contributed by atoms with E-state index in [-0.39, 0.29) is 11.5 Å². The van der Waals surface area contributed by atoms with Gasteiger partial charge in [-0.2, -0.15) is 13.2 Å². The Labute approximate surface area is 107 Å². The molecule has 0 amide bonds. The molecule has 2 rings (SSSR count). The largest absolute Gasteiger partial charge is 0.417 e. The van der Waals surface area contributed by atoms with Gasteiger partial charge in [-0.1, -0.05) is 6.07 Å². The van der Waals surface area contributed by atoms with Gasteiger partial charge in [0, 0.05) is 25.1 Å². The van der Waals surface area contributed by atoms with E-state index in [4.69, 9.17) is 5.73 Å². The van der Waals surface area contributed by atoms with Crippen LogP contribution in [-0.4, -0.2) is 9.97 Å². The summed E-state index contributed by atoms with van der Waals surface area (Å²) in [7, 11) is 0. The van der Waals surface area contributed by atoms with Crippen LogP contribution in [0, 0.1) is 0 Å². The van der Waals surface area contributed by atoms with Crippen molar-refractivity contribution in [2.45, 2.75) is 12.7 Å². The number of alkyl halides is 3. The lowest BCUT2D eigenvalue weighted by Gasteiger charge is -2.12. The maximum absolute atomic E-state index is 12.5. The molecule has 0 spiro atoms. The molecule has 0 saturated heterocycles. The van der Waals surface area contributed by atoms with Crippen molar-refractivity contribution in [3.63, 3.8) is 0 Å². The van der Waals surface area contributed by atoms with Crippen LogP contribution in [0.5, 0.6) is 0 Å². The Morgan fingerprint density at radius 1 is 1.26 bits per heavy atom. The second-order valence-corrected chi connectivity index (χ2v) is 3.87. The third-order valence-electron chi connectivity index (χ3n) is 2.45. The van der Waals surface area contributed by atoms with Crippen LogP contribution in [0.3, 0.4) is 0 Å².